The molecule has 0 saturated carbocycles. The van der Waals surface area contributed by atoms with E-state index < -0.39 is 0 Å². The molecule has 0 radical (unpaired) electrons. The largest absolute Gasteiger partial charge is 0.0620 e. The molecule has 0 spiro atoms. The highest BCUT2D eigenvalue weighted by atomic mass is 14.3. The van der Waals surface area contributed by atoms with Gasteiger partial charge in [0.05, 0.1) is 0 Å². The van der Waals surface area contributed by atoms with Crippen LogP contribution in [0, 0.1) is 6.92 Å². The van der Waals surface area contributed by atoms with Crippen LogP contribution in [-0.4, -0.2) is 0 Å². The van der Waals surface area contributed by atoms with Gasteiger partial charge in [0.2, 0.25) is 0 Å². The predicted molar refractivity (Wildman–Crippen MR) is 519 cm³/mol. The summed E-state index contributed by atoms with van der Waals surface area (Å²) in [4.78, 5) is 0. The average Bonchev–Trinajstić information content (AvgIpc) is 0.983. The van der Waals surface area contributed by atoms with Crippen LogP contribution in [0.1, 0.15) is 384 Å². The molecule has 0 aliphatic heterocycles. The lowest BCUT2D eigenvalue weighted by Gasteiger charge is -2.29. The van der Waals surface area contributed by atoms with Crippen molar-refractivity contribution in [3.05, 3.63) is 319 Å². The van der Waals surface area contributed by atoms with E-state index in [1.807, 2.05) is 0 Å². The van der Waals surface area contributed by atoms with Crippen LogP contribution in [0.15, 0.2) is 224 Å². The van der Waals surface area contributed by atoms with Crippen LogP contribution < -0.4 is 0 Å². The van der Waals surface area contributed by atoms with Crippen LogP contribution in [0.5, 0.6) is 0 Å². The van der Waals surface area contributed by atoms with Crippen molar-refractivity contribution in [3.63, 3.8) is 0 Å². The van der Waals surface area contributed by atoms with Gasteiger partial charge in [0.1, 0.15) is 0 Å². The molecule has 0 nitrogen and oxygen atoms in total. The van der Waals surface area contributed by atoms with Crippen LogP contribution in [-0.2, 0) is 76.8 Å². The van der Waals surface area contributed by atoms with Crippen LogP contribution in [0.2, 0.25) is 0 Å². The average molecular weight is 1550 g/mol. The summed E-state index contributed by atoms with van der Waals surface area (Å²) in [5.41, 5.74) is 29.7. The Labute approximate surface area is 709 Å². The van der Waals surface area contributed by atoms with Crippen molar-refractivity contribution in [2.45, 2.75) is 374 Å². The summed E-state index contributed by atoms with van der Waals surface area (Å²) in [6.07, 6.45) is 1.02. The molecule has 0 heterocycles. The molecule has 115 heavy (non-hydrogen) atoms. The van der Waals surface area contributed by atoms with E-state index in [9.17, 15) is 0 Å². The summed E-state index contributed by atoms with van der Waals surface area (Å²) in [6.45, 7) is 94.9. The van der Waals surface area contributed by atoms with E-state index in [1.165, 1.54) is 116 Å². The highest BCUT2D eigenvalue weighted by Crippen LogP contribution is 2.37. The first kappa shape index (κ1) is 99.8. The number of aryl methyl sites for hydroxylation is 1. The maximum Gasteiger partial charge on any atom is -0.00258 e. The number of fused-ring (bicyclic) bond motifs is 1. The molecule has 0 aromatic heterocycles. The fourth-order valence-electron chi connectivity index (χ4n) is 13.6. The van der Waals surface area contributed by atoms with Crippen molar-refractivity contribution in [1.29, 1.82) is 0 Å². The lowest BCUT2D eigenvalue weighted by Crippen LogP contribution is -2.21. The second kappa shape index (κ2) is 38.9. The Morgan fingerprint density at radius 1 is 0.191 bits per heavy atom. The zero-order chi connectivity index (χ0) is 88.1. The normalized spacial score (nSPS) is 12.7. The molecule has 0 fully saturated rings. The molecule has 10 rings (SSSR count). The summed E-state index contributed by atoms with van der Waals surface area (Å²) >= 11 is 0. The summed E-state index contributed by atoms with van der Waals surface area (Å²) in [5.74, 6) is 0.607. The van der Waals surface area contributed by atoms with Crippen molar-refractivity contribution in [1.82, 2.24) is 0 Å². The highest BCUT2D eigenvalue weighted by Gasteiger charge is 2.26. The number of hydrogen-bond donors (Lipinski definition) is 0. The Bertz CT molecular complexity index is 4370. The van der Waals surface area contributed by atoms with Crippen molar-refractivity contribution in [2.24, 2.45) is 0 Å². The van der Waals surface area contributed by atoms with Gasteiger partial charge in [-0.05, 0) is 206 Å². The molecular weight excluding hydrogens is 1380 g/mol. The lowest BCUT2D eigenvalue weighted by molar-refractivity contribution is 0.530. The smallest absolute Gasteiger partial charge is 0.00258 e. The summed E-state index contributed by atoms with van der Waals surface area (Å²) in [5, 5.41) is 2.69. The molecule has 0 heteroatoms. The van der Waals surface area contributed by atoms with Gasteiger partial charge in [0, 0.05) is 0 Å². The van der Waals surface area contributed by atoms with Crippen LogP contribution >= 0.6 is 0 Å². The summed E-state index contributed by atoms with van der Waals surface area (Å²) < 4.78 is 0. The predicted octanol–water partition coefficient (Wildman–Crippen LogP) is 34.5. The lowest BCUT2D eigenvalue weighted by atomic mass is 9.75. The van der Waals surface area contributed by atoms with Crippen molar-refractivity contribution in [3.8, 4) is 11.1 Å². The molecular formula is C115H166. The molecule has 0 bridgehead atoms. The SMILES string of the molecule is CC(C)(C)c1ccc(-c2ccc(C(C)(C)C)cc2)cc1.CC(C)(C)c1ccc(C(C)(C)C)cc1.CC(C)(C)c1ccc2ccc(C(C)(C)C)cc2c1.CC(C)(C)c1cccc(C(C)(C)C)c1.CC(C)(C)c1ccccc1C(C)(C)C.CC(C)c1ccc(Cc2ccc(C(C)(C)C)cc2)cc1.Cc1cc(C(C)(C)C)ccc1C(C)(C)C. The molecule has 0 unspecified atom stereocenters. The molecule has 0 aliphatic rings. The Morgan fingerprint density at radius 2 is 0.426 bits per heavy atom. The Kier molecular flexibility index (Phi) is 33.8. The third-order valence-electron chi connectivity index (χ3n) is 21.9. The molecule has 0 amide bonds. The van der Waals surface area contributed by atoms with Gasteiger partial charge >= 0.3 is 0 Å². The standard InChI is InChI=1S/2C20H26.C18H24.C15H24.3C14H22/c1-19(2,3)17-11-7-15(8-12-17)16-9-13-18(14-10-16)20(4,5)6;1-15(2)18-10-6-16(7-11-18)14-17-8-12-19(13-9-17)20(3,4)5;1-17(2,3)15-9-7-13-8-10-16(18(4,5)6)12-14(13)11-15;1-11-10-12(14(2,3)4)8-9-13(11)15(5,6)7;1-13(2,3)11-7-9-12(10-8-11)14(4,5)6;1-13(2,3)11-8-7-9-12(10-11)14(4,5)6;1-13(2,3)11-9-7-8-10-12(11)14(4,5)6/h7-14H,1-6H3;6-13,15H,14H2,1-5H3;7-12H,1-6H3;8-10H,1-7H3;3*7-10H,1-6H3. The highest BCUT2D eigenvalue weighted by molar-refractivity contribution is 5.84. The van der Waals surface area contributed by atoms with Crippen LogP contribution in [0.25, 0.3) is 21.9 Å². The van der Waals surface area contributed by atoms with Gasteiger partial charge in [-0.15, -0.1) is 0 Å². The third kappa shape index (κ3) is 32.7. The summed E-state index contributed by atoms with van der Waals surface area (Å²) in [7, 11) is 0. The van der Waals surface area contributed by atoms with E-state index in [-0.39, 0.29) is 70.4 Å². The molecule has 10 aromatic rings. The van der Waals surface area contributed by atoms with E-state index in [2.05, 4.69) is 515 Å². The van der Waals surface area contributed by atoms with Gasteiger partial charge in [-0.25, -0.2) is 0 Å². The van der Waals surface area contributed by atoms with Gasteiger partial charge in [0.15, 0.2) is 0 Å². The third-order valence-corrected chi connectivity index (χ3v) is 21.9. The minimum Gasteiger partial charge on any atom is -0.0620 e. The Morgan fingerprint density at radius 3 is 0.687 bits per heavy atom. The fraction of sp³-hybridized carbons (Fsp3) is 0.496. The van der Waals surface area contributed by atoms with Gasteiger partial charge in [-0.3, -0.25) is 0 Å². The van der Waals surface area contributed by atoms with Crippen molar-refractivity contribution < 1.29 is 0 Å². The molecule has 0 N–H and O–H groups in total. The maximum absolute atomic E-state index is 2.34. The van der Waals surface area contributed by atoms with Crippen LogP contribution in [0.3, 0.4) is 0 Å². The molecule has 626 valence electrons. The molecule has 10 aromatic carbocycles. The zero-order valence-corrected chi connectivity index (χ0v) is 81.6. The van der Waals surface area contributed by atoms with Crippen molar-refractivity contribution in [2.75, 3.05) is 0 Å². The second-order valence-corrected chi connectivity index (χ2v) is 46.7. The topological polar surface area (TPSA) is 0 Å². The second-order valence-electron chi connectivity index (χ2n) is 46.7. The molecule has 0 aliphatic carbocycles. The quantitative estimate of drug-likeness (QED) is 0.165. The minimum absolute atomic E-state index is 0.214. The first-order valence-corrected chi connectivity index (χ1v) is 43.4. The van der Waals surface area contributed by atoms with E-state index in [1.54, 1.807) is 0 Å². The van der Waals surface area contributed by atoms with Gasteiger partial charge in [0.25, 0.3) is 0 Å². The van der Waals surface area contributed by atoms with E-state index in [0.717, 1.165) is 6.42 Å². The molecule has 0 saturated heterocycles. The Hall–Kier alpha value is -7.54. The summed E-state index contributed by atoms with van der Waals surface area (Å²) in [6, 6.07) is 83.2. The van der Waals surface area contributed by atoms with Gasteiger partial charge in [-0.1, -0.05) is 508 Å². The number of hydrogen-bond acceptors (Lipinski definition) is 0. The van der Waals surface area contributed by atoms with E-state index in [4.69, 9.17) is 0 Å². The Balaban J connectivity index is 0.000000284. The monoisotopic (exact) mass is 1550 g/mol. The van der Waals surface area contributed by atoms with Crippen molar-refractivity contribution >= 4 is 10.8 Å². The maximum atomic E-state index is 2.34. The first-order valence-electron chi connectivity index (χ1n) is 43.4. The zero-order valence-electron chi connectivity index (χ0n) is 81.6. The minimum atomic E-state index is 0.214. The van der Waals surface area contributed by atoms with E-state index in [0.29, 0.717) is 5.92 Å². The van der Waals surface area contributed by atoms with Gasteiger partial charge in [-0.2, -0.15) is 0 Å². The van der Waals surface area contributed by atoms with E-state index >= 15 is 0 Å². The first-order chi connectivity index (χ1) is 52.0. The molecule has 0 atom stereocenters. The van der Waals surface area contributed by atoms with Gasteiger partial charge < -0.3 is 0 Å². The fourth-order valence-corrected chi connectivity index (χ4v) is 13.6. The van der Waals surface area contributed by atoms with Crippen LogP contribution in [0.4, 0.5) is 0 Å². The number of benzene rings is 10. The number of rotatable bonds is 4.